The van der Waals surface area contributed by atoms with Gasteiger partial charge < -0.3 is 14.2 Å². The first-order valence-corrected chi connectivity index (χ1v) is 10.5. The summed E-state index contributed by atoms with van der Waals surface area (Å²) in [6.45, 7) is 5.53. The second kappa shape index (κ2) is 10.3. The van der Waals surface area contributed by atoms with Gasteiger partial charge in [0.2, 0.25) is 0 Å². The van der Waals surface area contributed by atoms with E-state index >= 15 is 0 Å². The van der Waals surface area contributed by atoms with Crippen LogP contribution in [0.5, 0.6) is 0 Å². The number of carbonyl (C=O) groups is 1. The van der Waals surface area contributed by atoms with Gasteiger partial charge in [-0.25, -0.2) is 0 Å². The Bertz CT molecular complexity index is 670. The molecule has 1 aromatic carbocycles. The molecule has 2 fully saturated rings. The molecule has 2 aliphatic rings. The number of benzene rings is 1. The molecular formula is C23H32BO4. The second-order valence-corrected chi connectivity index (χ2v) is 8.03. The standard InChI is InChI=1S/C23H32BO4/c1-4-16(2)13-18-7-10-21(22(14-18)26-3)28-15-17-5-8-19(9-6-17)24-20-11-12-27-23(20)25/h5-6,8-9,13,18,20-22H,4,7,10-12,14-15H2,1-3H3/b16-13+/t18?,20?,21-,22-/m1/s1. The molecule has 1 saturated heterocycles. The van der Waals surface area contributed by atoms with E-state index in [1.165, 1.54) is 5.57 Å². The van der Waals surface area contributed by atoms with Gasteiger partial charge in [0.15, 0.2) is 7.28 Å². The van der Waals surface area contributed by atoms with Crippen LogP contribution in [0.3, 0.4) is 0 Å². The van der Waals surface area contributed by atoms with Crippen LogP contribution in [0.1, 0.15) is 51.5 Å². The molecule has 1 heterocycles. The Kier molecular flexibility index (Phi) is 7.75. The third-order valence-electron chi connectivity index (χ3n) is 5.97. The van der Waals surface area contributed by atoms with Gasteiger partial charge in [-0.05, 0) is 50.5 Å². The van der Waals surface area contributed by atoms with Gasteiger partial charge in [0.05, 0.1) is 25.4 Å². The summed E-state index contributed by atoms with van der Waals surface area (Å²) >= 11 is 0. The number of carbonyl (C=O) groups excluding carboxylic acids is 1. The fourth-order valence-electron chi connectivity index (χ4n) is 4.07. The van der Waals surface area contributed by atoms with Crippen LogP contribution in [0.15, 0.2) is 35.9 Å². The first kappa shape index (κ1) is 21.1. The van der Waals surface area contributed by atoms with Crippen molar-refractivity contribution < 1.29 is 19.0 Å². The van der Waals surface area contributed by atoms with Gasteiger partial charge in [0, 0.05) is 12.9 Å². The first-order valence-electron chi connectivity index (χ1n) is 10.5. The summed E-state index contributed by atoms with van der Waals surface area (Å²) in [5.74, 6) is 0.379. The summed E-state index contributed by atoms with van der Waals surface area (Å²) in [4.78, 5) is 11.6. The molecule has 0 bridgehead atoms. The van der Waals surface area contributed by atoms with E-state index in [1.54, 1.807) is 7.11 Å². The van der Waals surface area contributed by atoms with E-state index in [0.29, 0.717) is 19.1 Å². The first-order chi connectivity index (χ1) is 13.6. The lowest BCUT2D eigenvalue weighted by Gasteiger charge is -2.34. The van der Waals surface area contributed by atoms with Gasteiger partial charge in [0.25, 0.3) is 0 Å². The maximum absolute atomic E-state index is 11.6. The van der Waals surface area contributed by atoms with Crippen LogP contribution in [0.2, 0.25) is 5.82 Å². The normalized spacial score (nSPS) is 28.2. The molecule has 1 radical (unpaired) electrons. The highest BCUT2D eigenvalue weighted by Gasteiger charge is 2.30. The summed E-state index contributed by atoms with van der Waals surface area (Å²) in [7, 11) is 3.78. The average Bonchev–Trinajstić information content (AvgIpc) is 3.12. The Labute approximate surface area is 169 Å². The predicted octanol–water partition coefficient (Wildman–Crippen LogP) is 3.81. The van der Waals surface area contributed by atoms with E-state index in [9.17, 15) is 4.79 Å². The molecule has 0 amide bonds. The third-order valence-corrected chi connectivity index (χ3v) is 5.97. The van der Waals surface area contributed by atoms with E-state index in [1.807, 2.05) is 19.4 Å². The smallest absolute Gasteiger partial charge is 0.301 e. The minimum atomic E-state index is -0.113. The minimum Gasteiger partial charge on any atom is -0.466 e. The molecule has 1 saturated carbocycles. The van der Waals surface area contributed by atoms with Crippen molar-refractivity contribution in [3.8, 4) is 0 Å². The number of allylic oxidation sites excluding steroid dienone is 2. The molecule has 4 nitrogen and oxygen atoms in total. The average molecular weight is 383 g/mol. The van der Waals surface area contributed by atoms with E-state index in [-0.39, 0.29) is 24.0 Å². The van der Waals surface area contributed by atoms with E-state index in [4.69, 9.17) is 14.2 Å². The molecule has 3 rings (SSSR count). The SMILES string of the molecule is CC/C(C)=C/C1CC[C@@H](OCc2ccc([B]C3CCOC3=O)cc2)[C@H](OC)C1. The highest BCUT2D eigenvalue weighted by molar-refractivity contribution is 6.59. The fourth-order valence-corrected chi connectivity index (χ4v) is 4.07. The summed E-state index contributed by atoms with van der Waals surface area (Å²) < 4.78 is 17.0. The fraction of sp³-hybridized carbons (Fsp3) is 0.609. The molecule has 1 aliphatic heterocycles. The summed E-state index contributed by atoms with van der Waals surface area (Å²) in [5.41, 5.74) is 3.66. The number of ether oxygens (including phenoxy) is 3. The quantitative estimate of drug-likeness (QED) is 0.389. The summed E-state index contributed by atoms with van der Waals surface area (Å²) in [5, 5.41) is 0. The maximum Gasteiger partial charge on any atom is 0.301 e. The van der Waals surface area contributed by atoms with Gasteiger partial charge in [-0.15, -0.1) is 0 Å². The van der Waals surface area contributed by atoms with E-state index < -0.39 is 0 Å². The van der Waals surface area contributed by atoms with Crippen LogP contribution >= 0.6 is 0 Å². The van der Waals surface area contributed by atoms with Crippen molar-refractivity contribution in [3.63, 3.8) is 0 Å². The molecule has 4 atom stereocenters. The molecule has 28 heavy (non-hydrogen) atoms. The van der Waals surface area contributed by atoms with Gasteiger partial charge in [0.1, 0.15) is 0 Å². The van der Waals surface area contributed by atoms with Crippen molar-refractivity contribution >= 4 is 18.7 Å². The highest BCUT2D eigenvalue weighted by atomic mass is 16.5. The van der Waals surface area contributed by atoms with Crippen molar-refractivity contribution in [1.82, 2.24) is 0 Å². The Morgan fingerprint density at radius 3 is 2.64 bits per heavy atom. The summed E-state index contributed by atoms with van der Waals surface area (Å²) in [6.07, 6.45) is 7.83. The maximum atomic E-state index is 11.6. The molecule has 0 aromatic heterocycles. The largest absolute Gasteiger partial charge is 0.466 e. The number of hydrogen-bond donors (Lipinski definition) is 0. The number of cyclic esters (lactones) is 1. The Hall–Kier alpha value is -1.59. The molecule has 0 N–H and O–H groups in total. The van der Waals surface area contributed by atoms with Crippen molar-refractivity contribution in [3.05, 3.63) is 41.5 Å². The Morgan fingerprint density at radius 2 is 2.00 bits per heavy atom. The van der Waals surface area contributed by atoms with Crippen molar-refractivity contribution in [1.29, 1.82) is 0 Å². The third kappa shape index (κ3) is 5.71. The van der Waals surface area contributed by atoms with Crippen LogP contribution in [-0.4, -0.2) is 39.2 Å². The second-order valence-electron chi connectivity index (χ2n) is 8.03. The van der Waals surface area contributed by atoms with Crippen molar-refractivity contribution in [2.75, 3.05) is 13.7 Å². The van der Waals surface area contributed by atoms with Crippen LogP contribution < -0.4 is 5.46 Å². The topological polar surface area (TPSA) is 44.8 Å². The van der Waals surface area contributed by atoms with Crippen LogP contribution in [-0.2, 0) is 25.6 Å². The Balaban J connectivity index is 1.48. The zero-order valence-corrected chi connectivity index (χ0v) is 17.4. The van der Waals surface area contributed by atoms with Crippen molar-refractivity contribution in [2.24, 2.45) is 5.92 Å². The number of methoxy groups -OCH3 is 1. The van der Waals surface area contributed by atoms with Gasteiger partial charge in [-0.2, -0.15) is 0 Å². The molecular weight excluding hydrogens is 351 g/mol. The van der Waals surface area contributed by atoms with Crippen LogP contribution in [0, 0.1) is 5.92 Å². The lowest BCUT2D eigenvalue weighted by atomic mass is 9.58. The molecule has 5 heteroatoms. The van der Waals surface area contributed by atoms with E-state index in [0.717, 1.165) is 43.1 Å². The molecule has 1 aromatic rings. The number of esters is 1. The van der Waals surface area contributed by atoms with Crippen LogP contribution in [0.4, 0.5) is 0 Å². The van der Waals surface area contributed by atoms with E-state index in [2.05, 4.69) is 32.1 Å². The van der Waals surface area contributed by atoms with Gasteiger partial charge >= 0.3 is 5.97 Å². The van der Waals surface area contributed by atoms with Crippen LogP contribution in [0.25, 0.3) is 0 Å². The van der Waals surface area contributed by atoms with Crippen molar-refractivity contribution in [2.45, 2.75) is 70.6 Å². The Morgan fingerprint density at radius 1 is 1.21 bits per heavy atom. The molecule has 151 valence electrons. The van der Waals surface area contributed by atoms with Gasteiger partial charge in [-0.1, -0.05) is 48.3 Å². The lowest BCUT2D eigenvalue weighted by molar-refractivity contribution is -0.137. The highest BCUT2D eigenvalue weighted by Crippen LogP contribution is 2.31. The summed E-state index contributed by atoms with van der Waals surface area (Å²) in [6, 6.07) is 8.25. The molecule has 0 spiro atoms. The monoisotopic (exact) mass is 383 g/mol. The zero-order chi connectivity index (χ0) is 19.9. The predicted molar refractivity (Wildman–Crippen MR) is 112 cm³/mol. The zero-order valence-electron chi connectivity index (χ0n) is 17.4. The lowest BCUT2D eigenvalue weighted by Crippen LogP contribution is -2.37. The van der Waals surface area contributed by atoms with Gasteiger partial charge in [-0.3, -0.25) is 4.79 Å². The number of hydrogen-bond acceptors (Lipinski definition) is 4. The molecule has 2 unspecified atom stereocenters. The molecule has 1 aliphatic carbocycles. The number of rotatable bonds is 8. The minimum absolute atomic E-state index is 0.106.